The van der Waals surface area contributed by atoms with Crippen molar-refractivity contribution in [3.63, 3.8) is 0 Å². The highest BCUT2D eigenvalue weighted by Gasteiger charge is 2.28. The summed E-state index contributed by atoms with van der Waals surface area (Å²) in [6.45, 7) is 1.99. The van der Waals surface area contributed by atoms with Gasteiger partial charge in [-0.2, -0.15) is 0 Å². The van der Waals surface area contributed by atoms with Gasteiger partial charge in [-0.15, -0.1) is 0 Å². The molecule has 1 saturated heterocycles. The summed E-state index contributed by atoms with van der Waals surface area (Å²) in [4.78, 5) is 31.6. The summed E-state index contributed by atoms with van der Waals surface area (Å²) in [5, 5.41) is 0. The fraction of sp³-hybridized carbons (Fsp3) is 0.350. The van der Waals surface area contributed by atoms with E-state index in [1.807, 2.05) is 18.2 Å². The lowest BCUT2D eigenvalue weighted by molar-refractivity contribution is 0.0839. The summed E-state index contributed by atoms with van der Waals surface area (Å²) >= 11 is 0. The number of carbonyl (C=O) groups excluding carboxylic acids is 2. The predicted octanol–water partition coefficient (Wildman–Crippen LogP) is 1.93. The van der Waals surface area contributed by atoms with E-state index in [0.29, 0.717) is 13.1 Å². The zero-order valence-corrected chi connectivity index (χ0v) is 15.4. The molecule has 0 aliphatic carbocycles. The molecule has 3 rings (SSSR count). The normalized spacial score (nSPS) is 17.5. The number of nitrogens with two attached hydrogens (primary N) is 1. The standard InChI is InChI=1S/C20H24N4O3/c1-23-9-10-24(14-17(23)8-7-15-5-3-2-4-6-15)20(26)27-18-11-16(19(21)25)12-22-13-18/h2-6,11-13,17H,7-10,14H2,1H3,(H2,21,25). The van der Waals surface area contributed by atoms with Crippen LogP contribution in [0.5, 0.6) is 5.75 Å². The molecule has 2 heterocycles. The van der Waals surface area contributed by atoms with Gasteiger partial charge >= 0.3 is 6.09 Å². The van der Waals surface area contributed by atoms with E-state index < -0.39 is 12.0 Å². The monoisotopic (exact) mass is 368 g/mol. The zero-order valence-electron chi connectivity index (χ0n) is 15.4. The van der Waals surface area contributed by atoms with Crippen LogP contribution < -0.4 is 10.5 Å². The Morgan fingerprint density at radius 3 is 2.74 bits per heavy atom. The highest BCUT2D eigenvalue weighted by atomic mass is 16.6. The van der Waals surface area contributed by atoms with Gasteiger partial charge in [0, 0.05) is 31.9 Å². The van der Waals surface area contributed by atoms with Crippen LogP contribution in [0, 0.1) is 0 Å². The molecule has 1 unspecified atom stereocenters. The Balaban J connectivity index is 1.58. The van der Waals surface area contributed by atoms with Crippen molar-refractivity contribution in [2.24, 2.45) is 5.73 Å². The molecule has 0 spiro atoms. The van der Waals surface area contributed by atoms with Crippen LogP contribution in [-0.2, 0) is 6.42 Å². The van der Waals surface area contributed by atoms with E-state index in [2.05, 4.69) is 29.1 Å². The lowest BCUT2D eigenvalue weighted by Crippen LogP contribution is -2.54. The van der Waals surface area contributed by atoms with Gasteiger partial charge in [-0.3, -0.25) is 14.7 Å². The predicted molar refractivity (Wildman–Crippen MR) is 102 cm³/mol. The number of carbonyl (C=O) groups is 2. The van der Waals surface area contributed by atoms with Gasteiger partial charge in [-0.05, 0) is 31.5 Å². The average molecular weight is 368 g/mol. The molecule has 1 aromatic carbocycles. The van der Waals surface area contributed by atoms with Gasteiger partial charge in [0.25, 0.3) is 0 Å². The quantitative estimate of drug-likeness (QED) is 0.871. The van der Waals surface area contributed by atoms with Crippen molar-refractivity contribution in [1.82, 2.24) is 14.8 Å². The van der Waals surface area contributed by atoms with E-state index in [1.165, 1.54) is 24.0 Å². The fourth-order valence-corrected chi connectivity index (χ4v) is 3.18. The van der Waals surface area contributed by atoms with Gasteiger partial charge in [-0.1, -0.05) is 30.3 Å². The molecule has 27 heavy (non-hydrogen) atoms. The number of primary amides is 1. The molecule has 0 bridgehead atoms. The fourth-order valence-electron chi connectivity index (χ4n) is 3.18. The first-order valence-electron chi connectivity index (χ1n) is 8.98. The van der Waals surface area contributed by atoms with E-state index in [4.69, 9.17) is 10.5 Å². The summed E-state index contributed by atoms with van der Waals surface area (Å²) in [5.74, 6) is -0.392. The first-order valence-corrected chi connectivity index (χ1v) is 8.98. The zero-order chi connectivity index (χ0) is 19.2. The molecule has 142 valence electrons. The topological polar surface area (TPSA) is 88.8 Å². The number of aromatic nitrogens is 1. The Morgan fingerprint density at radius 1 is 1.22 bits per heavy atom. The Labute approximate surface area is 158 Å². The lowest BCUT2D eigenvalue weighted by atomic mass is 10.0. The Kier molecular flexibility index (Phi) is 6.03. The molecular weight excluding hydrogens is 344 g/mol. The van der Waals surface area contributed by atoms with Crippen LogP contribution in [0.2, 0.25) is 0 Å². The van der Waals surface area contributed by atoms with Gasteiger partial charge in [0.15, 0.2) is 5.75 Å². The van der Waals surface area contributed by atoms with E-state index in [-0.39, 0.29) is 17.4 Å². The molecule has 2 aromatic rings. The van der Waals surface area contributed by atoms with Crippen LogP contribution in [0.25, 0.3) is 0 Å². The number of likely N-dealkylation sites (N-methyl/N-ethyl adjacent to an activating group) is 1. The number of hydrogen-bond donors (Lipinski definition) is 1. The first-order chi connectivity index (χ1) is 13.0. The minimum Gasteiger partial charge on any atom is -0.409 e. The van der Waals surface area contributed by atoms with Gasteiger partial charge < -0.3 is 15.4 Å². The molecule has 1 atom stereocenters. The minimum absolute atomic E-state index is 0.208. The number of pyridine rings is 1. The molecule has 7 nitrogen and oxygen atoms in total. The largest absolute Gasteiger partial charge is 0.415 e. The first kappa shape index (κ1) is 18.8. The maximum absolute atomic E-state index is 12.5. The lowest BCUT2D eigenvalue weighted by Gasteiger charge is -2.38. The second-order valence-corrected chi connectivity index (χ2v) is 6.75. The smallest absolute Gasteiger partial charge is 0.409 e. The number of amides is 2. The van der Waals surface area contributed by atoms with Gasteiger partial charge in [-0.25, -0.2) is 4.79 Å². The van der Waals surface area contributed by atoms with Crippen LogP contribution >= 0.6 is 0 Å². The van der Waals surface area contributed by atoms with Crippen molar-refractivity contribution in [1.29, 1.82) is 0 Å². The summed E-state index contributed by atoms with van der Waals surface area (Å²) in [6.07, 6.45) is 4.23. The van der Waals surface area contributed by atoms with E-state index >= 15 is 0 Å². The molecule has 2 amide bonds. The van der Waals surface area contributed by atoms with E-state index in [1.54, 1.807) is 4.90 Å². The van der Waals surface area contributed by atoms with Gasteiger partial charge in [0.2, 0.25) is 5.91 Å². The van der Waals surface area contributed by atoms with Crippen molar-refractivity contribution in [3.05, 3.63) is 59.9 Å². The Bertz CT molecular complexity index is 797. The number of rotatable bonds is 5. The second-order valence-electron chi connectivity index (χ2n) is 6.75. The minimum atomic E-state index is -0.610. The van der Waals surface area contributed by atoms with Crippen molar-refractivity contribution < 1.29 is 14.3 Å². The van der Waals surface area contributed by atoms with E-state index in [0.717, 1.165) is 19.4 Å². The summed E-state index contributed by atoms with van der Waals surface area (Å²) in [6, 6.07) is 12.0. The highest BCUT2D eigenvalue weighted by molar-refractivity contribution is 5.92. The summed E-state index contributed by atoms with van der Waals surface area (Å²) < 4.78 is 5.39. The van der Waals surface area contributed by atoms with Crippen LogP contribution in [0.3, 0.4) is 0 Å². The maximum atomic E-state index is 12.5. The Morgan fingerprint density at radius 2 is 2.00 bits per heavy atom. The third-order valence-electron chi connectivity index (χ3n) is 4.85. The van der Waals surface area contributed by atoms with Gasteiger partial charge in [0.05, 0.1) is 11.8 Å². The van der Waals surface area contributed by atoms with Crippen molar-refractivity contribution in [2.45, 2.75) is 18.9 Å². The molecule has 1 aliphatic heterocycles. The summed E-state index contributed by atoms with van der Waals surface area (Å²) in [5.41, 5.74) is 6.74. The highest BCUT2D eigenvalue weighted by Crippen LogP contribution is 2.17. The second kappa shape index (κ2) is 8.64. The number of aryl methyl sites for hydroxylation is 1. The van der Waals surface area contributed by atoms with Gasteiger partial charge in [0.1, 0.15) is 0 Å². The SMILES string of the molecule is CN1CCN(C(=O)Oc2cncc(C(N)=O)c2)CC1CCc1ccccc1. The average Bonchev–Trinajstić information content (AvgIpc) is 2.68. The number of benzene rings is 1. The molecule has 1 aromatic heterocycles. The maximum Gasteiger partial charge on any atom is 0.415 e. The number of ether oxygens (including phenoxy) is 1. The number of nitrogens with zero attached hydrogens (tertiary/aromatic N) is 3. The number of hydrogen-bond acceptors (Lipinski definition) is 5. The Hall–Kier alpha value is -2.93. The molecule has 1 aliphatic rings. The molecule has 0 radical (unpaired) electrons. The number of piperazine rings is 1. The van der Waals surface area contributed by atoms with Crippen molar-refractivity contribution in [3.8, 4) is 5.75 Å². The van der Waals surface area contributed by atoms with Crippen molar-refractivity contribution >= 4 is 12.0 Å². The van der Waals surface area contributed by atoms with Crippen LogP contribution in [0.15, 0.2) is 48.8 Å². The molecule has 0 saturated carbocycles. The summed E-state index contributed by atoms with van der Waals surface area (Å²) in [7, 11) is 2.08. The van der Waals surface area contributed by atoms with E-state index in [9.17, 15) is 9.59 Å². The third-order valence-corrected chi connectivity index (χ3v) is 4.85. The molecule has 2 N–H and O–H groups in total. The molecule has 7 heteroatoms. The molecular formula is C20H24N4O3. The van der Waals surface area contributed by atoms with Crippen molar-refractivity contribution in [2.75, 3.05) is 26.7 Å². The van der Waals surface area contributed by atoms with Crippen LogP contribution in [-0.4, -0.2) is 59.5 Å². The van der Waals surface area contributed by atoms with Crippen LogP contribution in [0.1, 0.15) is 22.3 Å². The third kappa shape index (κ3) is 5.04. The van der Waals surface area contributed by atoms with Crippen LogP contribution in [0.4, 0.5) is 4.79 Å². The molecule has 1 fully saturated rings.